The van der Waals surface area contributed by atoms with E-state index in [-0.39, 0.29) is 0 Å². The molecule has 0 fully saturated rings. The fraction of sp³-hybridized carbons (Fsp3) is 1.00. The molecule has 0 saturated heterocycles. The van der Waals surface area contributed by atoms with Gasteiger partial charge >= 0.3 is 8.80 Å². The van der Waals surface area contributed by atoms with Gasteiger partial charge in [-0.3, -0.25) is 0 Å². The van der Waals surface area contributed by atoms with E-state index in [4.69, 9.17) is 18.0 Å². The van der Waals surface area contributed by atoms with Gasteiger partial charge in [0.2, 0.25) is 0 Å². The van der Waals surface area contributed by atoms with Crippen LogP contribution in [0.2, 0.25) is 6.04 Å². The summed E-state index contributed by atoms with van der Waals surface area (Å²) in [5, 5.41) is 0. The number of hydrogen-bond acceptors (Lipinski definition) is 4. The van der Waals surface area contributed by atoms with Gasteiger partial charge in [0.05, 0.1) is 0 Å². The number of hydrogen-bond donors (Lipinski definition) is 0. The first-order chi connectivity index (χ1) is 9.74. The average Bonchev–Trinajstić information content (AvgIpc) is 2.48. The molecule has 0 aromatic carbocycles. The molecule has 0 aromatic rings. The van der Waals surface area contributed by atoms with Gasteiger partial charge in [-0.25, -0.2) is 0 Å². The zero-order chi connectivity index (χ0) is 15.1. The van der Waals surface area contributed by atoms with Crippen LogP contribution in [0.1, 0.15) is 58.8 Å². The topological polar surface area (TPSA) is 36.9 Å². The molecule has 0 bridgehead atoms. The van der Waals surface area contributed by atoms with Crippen LogP contribution in [0.4, 0.5) is 0 Å². The van der Waals surface area contributed by atoms with Crippen molar-refractivity contribution in [2.24, 2.45) is 0 Å². The molecule has 0 unspecified atom stereocenters. The Morgan fingerprint density at radius 1 is 0.750 bits per heavy atom. The van der Waals surface area contributed by atoms with Gasteiger partial charge in [-0.05, 0) is 26.2 Å². The quantitative estimate of drug-likeness (QED) is 0.338. The maximum absolute atomic E-state index is 5.69. The summed E-state index contributed by atoms with van der Waals surface area (Å²) in [6, 6.07) is 0.924. The monoisotopic (exact) mass is 306 g/mol. The van der Waals surface area contributed by atoms with Crippen molar-refractivity contribution in [1.82, 2.24) is 0 Å². The lowest BCUT2D eigenvalue weighted by Crippen LogP contribution is -2.43. The maximum Gasteiger partial charge on any atom is 0.500 e. The summed E-state index contributed by atoms with van der Waals surface area (Å²) in [4.78, 5) is 0. The summed E-state index contributed by atoms with van der Waals surface area (Å²) in [7, 11) is 1.04. The van der Waals surface area contributed by atoms with Crippen molar-refractivity contribution in [2.45, 2.75) is 64.8 Å². The highest BCUT2D eigenvalue weighted by atomic mass is 28.4. The Balaban J connectivity index is 3.45. The summed E-state index contributed by atoms with van der Waals surface area (Å²) in [5.41, 5.74) is 0. The van der Waals surface area contributed by atoms with Crippen LogP contribution in [0.3, 0.4) is 0 Å². The highest BCUT2D eigenvalue weighted by Crippen LogP contribution is 2.18. The molecule has 5 heteroatoms. The van der Waals surface area contributed by atoms with Crippen molar-refractivity contribution in [3.63, 3.8) is 0 Å². The van der Waals surface area contributed by atoms with Gasteiger partial charge in [-0.15, -0.1) is 0 Å². The Morgan fingerprint density at radius 2 is 1.35 bits per heavy atom. The van der Waals surface area contributed by atoms with Crippen molar-refractivity contribution < 1.29 is 18.0 Å². The molecule has 0 aliphatic carbocycles. The minimum absolute atomic E-state index is 0.658. The lowest BCUT2D eigenvalue weighted by Gasteiger charge is -2.25. The van der Waals surface area contributed by atoms with Gasteiger partial charge in [0.25, 0.3) is 0 Å². The van der Waals surface area contributed by atoms with Gasteiger partial charge in [0, 0.05) is 40.1 Å². The molecule has 0 saturated carbocycles. The van der Waals surface area contributed by atoms with Crippen LogP contribution in [0.25, 0.3) is 0 Å². The van der Waals surface area contributed by atoms with Gasteiger partial charge in [0.1, 0.15) is 0 Å². The lowest BCUT2D eigenvalue weighted by atomic mass is 10.1. The number of unbranched alkanes of at least 4 members (excludes halogenated alkanes) is 5. The van der Waals surface area contributed by atoms with Crippen LogP contribution in [-0.2, 0) is 18.0 Å². The summed E-state index contributed by atoms with van der Waals surface area (Å²) < 4.78 is 22.1. The van der Waals surface area contributed by atoms with Crippen LogP contribution < -0.4 is 0 Å². The molecule has 4 nitrogen and oxygen atoms in total. The van der Waals surface area contributed by atoms with Crippen LogP contribution in [-0.4, -0.2) is 42.8 Å². The Labute approximate surface area is 126 Å². The molecule has 122 valence electrons. The van der Waals surface area contributed by atoms with E-state index in [1.807, 2.05) is 6.92 Å². The molecular weight excluding hydrogens is 272 g/mol. The zero-order valence-corrected chi connectivity index (χ0v) is 14.9. The molecule has 0 N–H and O–H groups in total. The molecular formula is C15H34O4Si. The predicted molar refractivity (Wildman–Crippen MR) is 85.0 cm³/mol. The van der Waals surface area contributed by atoms with Crippen LogP contribution >= 0.6 is 0 Å². The smallest absolute Gasteiger partial charge is 0.381 e. The predicted octanol–water partition coefficient (Wildman–Crippen LogP) is 4.02. The highest BCUT2D eigenvalue weighted by molar-refractivity contribution is 6.60. The van der Waals surface area contributed by atoms with Crippen molar-refractivity contribution in [2.75, 3.05) is 34.0 Å². The molecule has 0 heterocycles. The van der Waals surface area contributed by atoms with E-state index in [1.54, 1.807) is 14.2 Å². The van der Waals surface area contributed by atoms with Gasteiger partial charge in [-0.2, -0.15) is 0 Å². The highest BCUT2D eigenvalue weighted by Gasteiger charge is 2.37. The lowest BCUT2D eigenvalue weighted by molar-refractivity contribution is 0.103. The fourth-order valence-corrected chi connectivity index (χ4v) is 4.27. The standard InChI is InChI=1S/C15H34O4Si/c1-5-13-18-14-11-9-7-8-10-12-15-20(16-3,17-4)19-6-2/h5-15H2,1-4H3. The summed E-state index contributed by atoms with van der Waals surface area (Å²) >= 11 is 0. The van der Waals surface area contributed by atoms with Crippen molar-refractivity contribution >= 4 is 8.80 Å². The Morgan fingerprint density at radius 3 is 1.90 bits per heavy atom. The molecule has 20 heavy (non-hydrogen) atoms. The SMILES string of the molecule is CCCOCCCCCCCC[Si](OC)(OC)OCC. The molecule has 0 atom stereocenters. The first kappa shape index (κ1) is 20.1. The Kier molecular flexibility index (Phi) is 14.1. The Hall–Kier alpha value is 0.0569. The normalized spacial score (nSPS) is 12.0. The van der Waals surface area contributed by atoms with Crippen LogP contribution in [0.5, 0.6) is 0 Å². The second-order valence-electron chi connectivity index (χ2n) is 5.01. The molecule has 0 aliphatic rings. The fourth-order valence-electron chi connectivity index (χ4n) is 2.20. The van der Waals surface area contributed by atoms with E-state index >= 15 is 0 Å². The summed E-state index contributed by atoms with van der Waals surface area (Å²) in [5.74, 6) is 0. The number of rotatable bonds is 15. The average molecular weight is 307 g/mol. The summed E-state index contributed by atoms with van der Waals surface area (Å²) in [6.45, 7) is 6.61. The van der Waals surface area contributed by atoms with Crippen molar-refractivity contribution in [3.8, 4) is 0 Å². The third-order valence-corrected chi connectivity index (χ3v) is 6.29. The van der Waals surface area contributed by atoms with E-state index in [0.29, 0.717) is 6.61 Å². The van der Waals surface area contributed by atoms with Crippen LogP contribution in [0.15, 0.2) is 0 Å². The minimum Gasteiger partial charge on any atom is -0.381 e. The van der Waals surface area contributed by atoms with E-state index in [1.165, 1.54) is 32.1 Å². The summed E-state index contributed by atoms with van der Waals surface area (Å²) in [6.07, 6.45) is 8.49. The zero-order valence-electron chi connectivity index (χ0n) is 13.9. The molecule has 0 aliphatic heterocycles. The van der Waals surface area contributed by atoms with Gasteiger partial charge in [0.15, 0.2) is 0 Å². The first-order valence-electron chi connectivity index (χ1n) is 8.06. The third kappa shape index (κ3) is 9.88. The van der Waals surface area contributed by atoms with Crippen molar-refractivity contribution in [3.05, 3.63) is 0 Å². The maximum atomic E-state index is 5.69. The van der Waals surface area contributed by atoms with Crippen molar-refractivity contribution in [1.29, 1.82) is 0 Å². The molecule has 0 rings (SSSR count). The molecule has 0 amide bonds. The molecule has 0 aromatic heterocycles. The second kappa shape index (κ2) is 14.0. The number of ether oxygens (including phenoxy) is 1. The van der Waals surface area contributed by atoms with E-state index in [0.717, 1.165) is 32.1 Å². The minimum atomic E-state index is -2.35. The van der Waals surface area contributed by atoms with E-state index in [2.05, 4.69) is 6.92 Å². The van der Waals surface area contributed by atoms with E-state index in [9.17, 15) is 0 Å². The Bertz CT molecular complexity index is 198. The van der Waals surface area contributed by atoms with Gasteiger partial charge in [-0.1, -0.05) is 32.6 Å². The molecule has 0 spiro atoms. The van der Waals surface area contributed by atoms with E-state index < -0.39 is 8.80 Å². The third-order valence-electron chi connectivity index (χ3n) is 3.36. The molecule has 0 radical (unpaired) electrons. The largest absolute Gasteiger partial charge is 0.500 e. The van der Waals surface area contributed by atoms with Crippen LogP contribution in [0, 0.1) is 0 Å². The second-order valence-corrected chi connectivity index (χ2v) is 7.98. The first-order valence-corrected chi connectivity index (χ1v) is 9.99. The van der Waals surface area contributed by atoms with Gasteiger partial charge < -0.3 is 18.0 Å².